The van der Waals surface area contributed by atoms with Crippen molar-refractivity contribution < 1.29 is 9.05 Å². The molecule has 0 amide bonds. The van der Waals surface area contributed by atoms with Crippen LogP contribution in [0.5, 0.6) is 0 Å². The lowest BCUT2D eigenvalue weighted by molar-refractivity contribution is 0.147. The van der Waals surface area contributed by atoms with Gasteiger partial charge in [-0.3, -0.25) is 4.90 Å². The highest BCUT2D eigenvalue weighted by Crippen LogP contribution is 2.30. The lowest BCUT2D eigenvalue weighted by Crippen LogP contribution is -2.35. The maximum atomic E-state index is 5.59. The van der Waals surface area contributed by atoms with Crippen molar-refractivity contribution in [2.45, 2.75) is 70.3 Å². The molecule has 1 atom stereocenters. The molecule has 1 aliphatic heterocycles. The van der Waals surface area contributed by atoms with Crippen LogP contribution in [0.3, 0.4) is 0 Å². The molecule has 0 bridgehead atoms. The molecule has 6 nitrogen and oxygen atoms in total. The number of hydrogen-bond donors (Lipinski definition) is 0. The van der Waals surface area contributed by atoms with Crippen molar-refractivity contribution in [3.63, 3.8) is 0 Å². The van der Waals surface area contributed by atoms with Gasteiger partial charge in [-0.25, -0.2) is 0 Å². The summed E-state index contributed by atoms with van der Waals surface area (Å²) < 4.78 is 10.8. The lowest BCUT2D eigenvalue weighted by Gasteiger charge is -2.31. The first-order valence-corrected chi connectivity index (χ1v) is 9.81. The van der Waals surface area contributed by atoms with E-state index >= 15 is 0 Å². The second-order valence-corrected chi connectivity index (χ2v) is 7.66. The van der Waals surface area contributed by atoms with Crippen LogP contribution in [0.2, 0.25) is 0 Å². The molecule has 0 radical (unpaired) electrons. The minimum Gasteiger partial charge on any atom is -0.360 e. The van der Waals surface area contributed by atoms with Crippen LogP contribution in [0.15, 0.2) is 21.3 Å². The second kappa shape index (κ2) is 8.13. The third kappa shape index (κ3) is 4.48. The van der Waals surface area contributed by atoms with Crippen LogP contribution in [0, 0.1) is 5.92 Å². The van der Waals surface area contributed by atoms with Crippen LogP contribution < -0.4 is 0 Å². The molecule has 25 heavy (non-hydrogen) atoms. The maximum Gasteiger partial charge on any atom is 0.226 e. The summed E-state index contributed by atoms with van der Waals surface area (Å²) in [7, 11) is 0. The Morgan fingerprint density at radius 3 is 2.72 bits per heavy atom. The van der Waals surface area contributed by atoms with E-state index in [1.807, 2.05) is 6.07 Å². The molecule has 0 aromatic carbocycles. The Hall–Kier alpha value is -1.69. The minimum atomic E-state index is 0.509. The average molecular weight is 344 g/mol. The Balaban J connectivity index is 1.32. The van der Waals surface area contributed by atoms with Crippen molar-refractivity contribution in [1.82, 2.24) is 20.2 Å². The highest BCUT2D eigenvalue weighted by Gasteiger charge is 2.25. The summed E-state index contributed by atoms with van der Waals surface area (Å²) in [6, 6.07) is 1.95. The minimum absolute atomic E-state index is 0.509. The number of piperidine rings is 1. The smallest absolute Gasteiger partial charge is 0.226 e. The fourth-order valence-corrected chi connectivity index (χ4v) is 4.31. The normalized spacial score (nSPS) is 23.6. The van der Waals surface area contributed by atoms with E-state index in [1.165, 1.54) is 51.4 Å². The highest BCUT2D eigenvalue weighted by atomic mass is 16.5. The van der Waals surface area contributed by atoms with Gasteiger partial charge in [0.05, 0.1) is 12.7 Å². The molecule has 0 N–H and O–H groups in total. The van der Waals surface area contributed by atoms with E-state index in [4.69, 9.17) is 14.0 Å². The van der Waals surface area contributed by atoms with Gasteiger partial charge in [0.15, 0.2) is 11.6 Å². The molecule has 3 heterocycles. The zero-order valence-corrected chi connectivity index (χ0v) is 14.9. The van der Waals surface area contributed by atoms with Crippen LogP contribution in [-0.2, 0) is 13.0 Å². The third-order valence-corrected chi connectivity index (χ3v) is 5.64. The zero-order chi connectivity index (χ0) is 16.9. The Morgan fingerprint density at radius 2 is 1.92 bits per heavy atom. The van der Waals surface area contributed by atoms with Crippen LogP contribution in [0.4, 0.5) is 0 Å². The van der Waals surface area contributed by atoms with Crippen LogP contribution >= 0.6 is 0 Å². The molecule has 2 fully saturated rings. The summed E-state index contributed by atoms with van der Waals surface area (Å²) in [6.07, 6.45) is 12.8. The molecule has 2 aromatic heterocycles. The fraction of sp³-hybridized carbons (Fsp3) is 0.737. The monoisotopic (exact) mass is 344 g/mol. The molecule has 136 valence electrons. The molecular weight excluding hydrogens is 316 g/mol. The summed E-state index contributed by atoms with van der Waals surface area (Å²) >= 11 is 0. The number of nitrogens with zero attached hydrogens (tertiary/aromatic N) is 4. The molecule has 6 heteroatoms. The Bertz CT molecular complexity index is 632. The molecule has 1 unspecified atom stereocenters. The Kier molecular flexibility index (Phi) is 5.45. The number of aromatic nitrogens is 3. The van der Waals surface area contributed by atoms with Crippen molar-refractivity contribution in [1.29, 1.82) is 0 Å². The van der Waals surface area contributed by atoms with Gasteiger partial charge >= 0.3 is 0 Å². The second-order valence-electron chi connectivity index (χ2n) is 7.66. The van der Waals surface area contributed by atoms with E-state index in [2.05, 4.69) is 15.2 Å². The lowest BCUT2D eigenvalue weighted by atomic mass is 9.94. The predicted molar refractivity (Wildman–Crippen MR) is 92.9 cm³/mol. The van der Waals surface area contributed by atoms with Gasteiger partial charge in [0.25, 0.3) is 0 Å². The van der Waals surface area contributed by atoms with Crippen LogP contribution in [0.25, 0.3) is 0 Å². The van der Waals surface area contributed by atoms with E-state index < -0.39 is 0 Å². The van der Waals surface area contributed by atoms with Gasteiger partial charge in [0, 0.05) is 24.9 Å². The molecular formula is C19H28N4O2. The van der Waals surface area contributed by atoms with E-state index in [1.54, 1.807) is 6.20 Å². The van der Waals surface area contributed by atoms with E-state index in [-0.39, 0.29) is 0 Å². The van der Waals surface area contributed by atoms with Gasteiger partial charge in [0.1, 0.15) is 0 Å². The topological polar surface area (TPSA) is 68.2 Å². The molecule has 2 aliphatic rings. The van der Waals surface area contributed by atoms with Crippen LogP contribution in [-0.4, -0.2) is 33.3 Å². The van der Waals surface area contributed by atoms with Crippen molar-refractivity contribution in [3.8, 4) is 0 Å². The molecule has 0 spiro atoms. The van der Waals surface area contributed by atoms with Crippen LogP contribution in [0.1, 0.15) is 74.8 Å². The van der Waals surface area contributed by atoms with Gasteiger partial charge < -0.3 is 9.05 Å². The van der Waals surface area contributed by atoms with E-state index in [0.29, 0.717) is 11.8 Å². The van der Waals surface area contributed by atoms with Crippen molar-refractivity contribution in [2.24, 2.45) is 5.92 Å². The Morgan fingerprint density at radius 1 is 1.04 bits per heavy atom. The molecule has 4 rings (SSSR count). The average Bonchev–Trinajstić information content (AvgIpc) is 3.22. The summed E-state index contributed by atoms with van der Waals surface area (Å²) in [4.78, 5) is 7.19. The molecule has 1 saturated carbocycles. The summed E-state index contributed by atoms with van der Waals surface area (Å²) in [6.45, 7) is 3.02. The SMILES string of the molecule is c1cc(CN2CCCC(Cc3nc(C4CCCCCC4)no3)C2)on1. The van der Waals surface area contributed by atoms with E-state index in [9.17, 15) is 0 Å². The summed E-state index contributed by atoms with van der Waals surface area (Å²) in [5.74, 6) is 3.81. The molecule has 1 aliphatic carbocycles. The third-order valence-electron chi connectivity index (χ3n) is 5.64. The van der Waals surface area contributed by atoms with Crippen molar-refractivity contribution in [3.05, 3.63) is 29.7 Å². The van der Waals surface area contributed by atoms with Gasteiger partial charge in [-0.05, 0) is 38.1 Å². The van der Waals surface area contributed by atoms with Gasteiger partial charge in [-0.2, -0.15) is 4.98 Å². The number of rotatable bonds is 5. The van der Waals surface area contributed by atoms with Crippen molar-refractivity contribution in [2.75, 3.05) is 13.1 Å². The van der Waals surface area contributed by atoms with Crippen molar-refractivity contribution >= 4 is 0 Å². The van der Waals surface area contributed by atoms with Gasteiger partial charge in [0.2, 0.25) is 5.89 Å². The first-order valence-electron chi connectivity index (χ1n) is 9.81. The van der Waals surface area contributed by atoms with E-state index in [0.717, 1.165) is 43.5 Å². The molecule has 2 aromatic rings. The highest BCUT2D eigenvalue weighted by molar-refractivity contribution is 4.98. The number of hydrogen-bond acceptors (Lipinski definition) is 6. The summed E-state index contributed by atoms with van der Waals surface area (Å²) in [5, 5.41) is 8.10. The maximum absolute atomic E-state index is 5.59. The number of likely N-dealkylation sites (tertiary alicyclic amines) is 1. The molecule has 1 saturated heterocycles. The van der Waals surface area contributed by atoms with Gasteiger partial charge in [-0.1, -0.05) is 36.0 Å². The predicted octanol–water partition coefficient (Wildman–Crippen LogP) is 3.95. The summed E-state index contributed by atoms with van der Waals surface area (Å²) in [5.41, 5.74) is 0. The zero-order valence-electron chi connectivity index (χ0n) is 14.9. The largest absolute Gasteiger partial charge is 0.360 e. The van der Waals surface area contributed by atoms with Gasteiger partial charge in [-0.15, -0.1) is 0 Å². The first kappa shape index (κ1) is 16.8. The fourth-order valence-electron chi connectivity index (χ4n) is 4.31. The standard InChI is InChI=1S/C19H28N4O2/c1-2-4-8-16(7-3-1)19-21-18(25-22-19)12-15-6-5-11-23(13-15)14-17-9-10-20-24-17/h9-10,15-16H,1-8,11-14H2. The Labute approximate surface area is 148 Å². The quantitative estimate of drug-likeness (QED) is 0.765. The first-order chi connectivity index (χ1) is 12.4.